The van der Waals surface area contributed by atoms with Crippen molar-refractivity contribution in [2.24, 2.45) is 0 Å². The molecular weight excluding hydrogens is 426 g/mol. The highest BCUT2D eigenvalue weighted by atomic mass is 35.5. The molecule has 2 amide bonds. The predicted molar refractivity (Wildman–Crippen MR) is 117 cm³/mol. The first kappa shape index (κ1) is 21.4. The maximum Gasteiger partial charge on any atom is 0.242 e. The number of aryl methyl sites for hydroxylation is 1. The largest absolute Gasteiger partial charge is 0.376 e. The molecule has 2 aliphatic rings. The van der Waals surface area contributed by atoms with Crippen LogP contribution in [0.1, 0.15) is 18.9 Å². The van der Waals surface area contributed by atoms with Gasteiger partial charge < -0.3 is 20.4 Å². The zero-order valence-corrected chi connectivity index (χ0v) is 17.8. The third-order valence-corrected chi connectivity index (χ3v) is 6.09. The molecule has 0 spiro atoms. The van der Waals surface area contributed by atoms with Crippen LogP contribution in [0.4, 0.5) is 25.8 Å². The fourth-order valence-corrected chi connectivity index (χ4v) is 4.17. The van der Waals surface area contributed by atoms with Gasteiger partial charge in [0.25, 0.3) is 0 Å². The second kappa shape index (κ2) is 8.70. The van der Waals surface area contributed by atoms with Gasteiger partial charge in [-0.05, 0) is 49.2 Å². The molecule has 0 saturated carbocycles. The van der Waals surface area contributed by atoms with Crippen LogP contribution in [0.2, 0.25) is 5.02 Å². The molecule has 0 aromatic heterocycles. The number of amides is 2. The summed E-state index contributed by atoms with van der Waals surface area (Å²) in [4.78, 5) is 27.8. The fourth-order valence-electron chi connectivity index (χ4n) is 4.06. The highest BCUT2D eigenvalue weighted by Gasteiger charge is 2.28. The molecule has 164 valence electrons. The molecule has 1 atom stereocenters. The van der Waals surface area contributed by atoms with Gasteiger partial charge in [0.15, 0.2) is 0 Å². The van der Waals surface area contributed by atoms with Gasteiger partial charge in [-0.1, -0.05) is 11.6 Å². The van der Waals surface area contributed by atoms with E-state index < -0.39 is 16.7 Å². The SMILES string of the molecule is C[C@@H]1CN(c2cc(F)c(Cl)c(F)c2)CCN1C(=O)CNc1ccc2c(c1)CCC(=O)N2. The molecule has 2 aromatic rings. The van der Waals surface area contributed by atoms with Crippen molar-refractivity contribution in [2.75, 3.05) is 41.7 Å². The van der Waals surface area contributed by atoms with Crippen LogP contribution in [0.25, 0.3) is 0 Å². The van der Waals surface area contributed by atoms with E-state index in [-0.39, 0.29) is 24.4 Å². The lowest BCUT2D eigenvalue weighted by Gasteiger charge is -2.41. The Balaban J connectivity index is 1.35. The molecule has 31 heavy (non-hydrogen) atoms. The summed E-state index contributed by atoms with van der Waals surface area (Å²) < 4.78 is 27.6. The monoisotopic (exact) mass is 448 g/mol. The van der Waals surface area contributed by atoms with Crippen LogP contribution in [0, 0.1) is 11.6 Å². The first-order valence-electron chi connectivity index (χ1n) is 10.2. The van der Waals surface area contributed by atoms with Crippen molar-refractivity contribution in [1.29, 1.82) is 0 Å². The minimum atomic E-state index is -0.795. The van der Waals surface area contributed by atoms with Crippen LogP contribution in [0.3, 0.4) is 0 Å². The number of hydrogen-bond donors (Lipinski definition) is 2. The lowest BCUT2D eigenvalue weighted by Crippen LogP contribution is -2.55. The van der Waals surface area contributed by atoms with Crippen LogP contribution in [0.15, 0.2) is 30.3 Å². The average molecular weight is 449 g/mol. The molecule has 1 fully saturated rings. The third kappa shape index (κ3) is 4.58. The molecule has 1 saturated heterocycles. The van der Waals surface area contributed by atoms with Gasteiger partial charge in [0.05, 0.1) is 6.54 Å². The maximum absolute atomic E-state index is 13.8. The van der Waals surface area contributed by atoms with E-state index in [4.69, 9.17) is 11.6 Å². The van der Waals surface area contributed by atoms with Crippen LogP contribution >= 0.6 is 11.6 Å². The van der Waals surface area contributed by atoms with Crippen LogP contribution in [-0.4, -0.2) is 48.9 Å². The summed E-state index contributed by atoms with van der Waals surface area (Å²) in [6.45, 7) is 3.43. The molecule has 4 rings (SSSR count). The van der Waals surface area contributed by atoms with Crippen molar-refractivity contribution >= 4 is 40.5 Å². The van der Waals surface area contributed by atoms with Gasteiger partial charge in [0.2, 0.25) is 11.8 Å². The highest BCUT2D eigenvalue weighted by Crippen LogP contribution is 2.28. The number of benzene rings is 2. The van der Waals surface area contributed by atoms with Gasteiger partial charge in [-0.15, -0.1) is 0 Å². The Bertz CT molecular complexity index is 1010. The maximum atomic E-state index is 13.8. The zero-order valence-electron chi connectivity index (χ0n) is 17.1. The fraction of sp³-hybridized carbons (Fsp3) is 0.364. The Morgan fingerprint density at radius 3 is 2.65 bits per heavy atom. The second-order valence-corrected chi connectivity index (χ2v) is 8.26. The number of nitrogens with zero attached hydrogens (tertiary/aromatic N) is 2. The normalized spacial score (nSPS) is 18.5. The number of rotatable bonds is 4. The summed E-state index contributed by atoms with van der Waals surface area (Å²) in [7, 11) is 0. The summed E-state index contributed by atoms with van der Waals surface area (Å²) in [5.41, 5.74) is 3.09. The van der Waals surface area contributed by atoms with E-state index >= 15 is 0 Å². The predicted octanol–water partition coefficient (Wildman–Crippen LogP) is 3.65. The van der Waals surface area contributed by atoms with Crippen molar-refractivity contribution in [3.63, 3.8) is 0 Å². The number of halogens is 3. The second-order valence-electron chi connectivity index (χ2n) is 7.88. The van der Waals surface area contributed by atoms with Gasteiger partial charge in [-0.25, -0.2) is 8.78 Å². The molecule has 9 heteroatoms. The van der Waals surface area contributed by atoms with Gasteiger partial charge >= 0.3 is 0 Å². The highest BCUT2D eigenvalue weighted by molar-refractivity contribution is 6.31. The summed E-state index contributed by atoms with van der Waals surface area (Å²) >= 11 is 5.57. The molecule has 2 N–H and O–H groups in total. The molecule has 0 aliphatic carbocycles. The molecule has 2 heterocycles. The number of carbonyl (C=O) groups excluding carboxylic acids is 2. The van der Waals surface area contributed by atoms with Crippen molar-refractivity contribution < 1.29 is 18.4 Å². The zero-order chi connectivity index (χ0) is 22.1. The molecule has 0 unspecified atom stereocenters. The Kier molecular flexibility index (Phi) is 6.00. The third-order valence-electron chi connectivity index (χ3n) is 5.73. The van der Waals surface area contributed by atoms with E-state index in [1.807, 2.05) is 30.0 Å². The number of fused-ring (bicyclic) bond motifs is 1. The lowest BCUT2D eigenvalue weighted by molar-refractivity contribution is -0.131. The molecule has 6 nitrogen and oxygen atoms in total. The number of nitrogens with one attached hydrogen (secondary N) is 2. The average Bonchev–Trinajstić information content (AvgIpc) is 2.75. The minimum Gasteiger partial charge on any atom is -0.376 e. The van der Waals surface area contributed by atoms with Gasteiger partial charge in [-0.3, -0.25) is 9.59 Å². The minimum absolute atomic E-state index is 0.0144. The Morgan fingerprint density at radius 1 is 1.19 bits per heavy atom. The first-order chi connectivity index (χ1) is 14.8. The topological polar surface area (TPSA) is 64.7 Å². The van der Waals surface area contributed by atoms with E-state index in [0.717, 1.165) is 16.9 Å². The van der Waals surface area contributed by atoms with Gasteiger partial charge in [0, 0.05) is 49.2 Å². The van der Waals surface area contributed by atoms with Crippen molar-refractivity contribution in [1.82, 2.24) is 4.90 Å². The molecule has 0 radical (unpaired) electrons. The van der Waals surface area contributed by atoms with Crippen LogP contribution < -0.4 is 15.5 Å². The summed E-state index contributed by atoms with van der Waals surface area (Å²) in [6, 6.07) is 7.94. The van der Waals surface area contributed by atoms with Crippen molar-refractivity contribution in [3.8, 4) is 0 Å². The quantitative estimate of drug-likeness (QED) is 0.701. The van der Waals surface area contributed by atoms with Crippen molar-refractivity contribution in [3.05, 3.63) is 52.6 Å². The van der Waals surface area contributed by atoms with E-state index in [1.165, 1.54) is 12.1 Å². The van der Waals surface area contributed by atoms with Crippen LogP contribution in [-0.2, 0) is 16.0 Å². The molecule has 0 bridgehead atoms. The molecule has 2 aromatic carbocycles. The first-order valence-corrected chi connectivity index (χ1v) is 10.5. The summed E-state index contributed by atoms with van der Waals surface area (Å²) in [6.07, 6.45) is 1.13. The molecular formula is C22H23ClF2N4O2. The summed E-state index contributed by atoms with van der Waals surface area (Å²) in [5, 5.41) is 5.48. The van der Waals surface area contributed by atoms with Gasteiger partial charge in [-0.2, -0.15) is 0 Å². The van der Waals surface area contributed by atoms with Crippen LogP contribution in [0.5, 0.6) is 0 Å². The van der Waals surface area contributed by atoms with E-state index in [0.29, 0.717) is 38.2 Å². The van der Waals surface area contributed by atoms with Crippen molar-refractivity contribution in [2.45, 2.75) is 25.8 Å². The number of hydrogen-bond acceptors (Lipinski definition) is 4. The standard InChI is InChI=1S/C22H23ClF2N4O2/c1-13-12-28(16-9-17(24)22(23)18(25)10-16)6-7-29(13)21(31)11-26-15-3-4-19-14(8-15)2-5-20(30)27-19/h3-4,8-10,13,26H,2,5-7,11-12H2,1H3,(H,27,30)/t13-/m1/s1. The Morgan fingerprint density at radius 2 is 1.94 bits per heavy atom. The lowest BCUT2D eigenvalue weighted by atomic mass is 10.0. The number of piperazine rings is 1. The van der Waals surface area contributed by atoms with E-state index in [2.05, 4.69) is 10.6 Å². The summed E-state index contributed by atoms with van der Waals surface area (Å²) in [5.74, 6) is -1.62. The van der Waals surface area contributed by atoms with Gasteiger partial charge in [0.1, 0.15) is 16.7 Å². The van der Waals surface area contributed by atoms with E-state index in [9.17, 15) is 18.4 Å². The molecule has 2 aliphatic heterocycles. The number of anilines is 3. The Hall–Kier alpha value is -2.87. The number of carbonyl (C=O) groups is 2. The smallest absolute Gasteiger partial charge is 0.242 e. The Labute approximate surface area is 184 Å². The van der Waals surface area contributed by atoms with E-state index in [1.54, 1.807) is 4.90 Å².